The van der Waals surface area contributed by atoms with Gasteiger partial charge in [0, 0.05) is 10.9 Å². The minimum Gasteiger partial charge on any atom is -0.393 e. The number of carbonyl (C=O) groups is 1. The molecule has 0 radical (unpaired) electrons. The molecule has 122 valence electrons. The van der Waals surface area contributed by atoms with Gasteiger partial charge in [-0.25, -0.2) is 0 Å². The van der Waals surface area contributed by atoms with Crippen molar-refractivity contribution in [1.29, 1.82) is 0 Å². The monoisotopic (exact) mass is 322 g/mol. The highest BCUT2D eigenvalue weighted by Gasteiger charge is 2.39. The van der Waals surface area contributed by atoms with Crippen molar-refractivity contribution in [2.45, 2.75) is 51.7 Å². The van der Waals surface area contributed by atoms with Crippen LogP contribution in [0.5, 0.6) is 0 Å². The van der Waals surface area contributed by atoms with Crippen molar-refractivity contribution in [3.05, 3.63) is 21.4 Å². The number of hydrogen-bond donors (Lipinski definition) is 3. The molecule has 1 aromatic rings. The number of aryl methyl sites for hydroxylation is 2. The van der Waals surface area contributed by atoms with Crippen LogP contribution >= 0.6 is 11.3 Å². The molecule has 1 aliphatic carbocycles. The second-order valence-corrected chi connectivity index (χ2v) is 8.08. The van der Waals surface area contributed by atoms with Crippen LogP contribution in [0, 0.1) is 25.7 Å². The number of piperidine rings is 1. The summed E-state index contributed by atoms with van der Waals surface area (Å²) in [4.78, 5) is 14.6. The fourth-order valence-corrected chi connectivity index (χ4v) is 4.59. The van der Waals surface area contributed by atoms with E-state index in [9.17, 15) is 9.90 Å². The molecule has 5 heteroatoms. The Kier molecular flexibility index (Phi) is 4.85. The second-order valence-electron chi connectivity index (χ2n) is 6.82. The third kappa shape index (κ3) is 3.36. The minimum atomic E-state index is -0.169. The molecule has 1 saturated heterocycles. The lowest BCUT2D eigenvalue weighted by Crippen LogP contribution is -2.52. The standard InChI is InChI=1S/C17H26N2O2S/c1-10-7-15(22-11(10)2)17(21)19-16(13-8-14(20)9-13)12-3-5-18-6-4-12/h7,12-14,16,18,20H,3-6,8-9H2,1-2H3,(H,19,21)/t13?,14?,16-/m0/s1. The maximum atomic E-state index is 12.6. The summed E-state index contributed by atoms with van der Waals surface area (Å²) < 4.78 is 0. The maximum Gasteiger partial charge on any atom is 0.261 e. The number of aliphatic hydroxyl groups is 1. The van der Waals surface area contributed by atoms with Crippen LogP contribution in [0.4, 0.5) is 0 Å². The average Bonchev–Trinajstić information content (AvgIpc) is 2.82. The summed E-state index contributed by atoms with van der Waals surface area (Å²) in [6.45, 7) is 6.17. The second kappa shape index (κ2) is 6.69. The summed E-state index contributed by atoms with van der Waals surface area (Å²) in [5, 5.41) is 16.3. The predicted octanol–water partition coefficient (Wildman–Crippen LogP) is 2.23. The molecule has 0 bridgehead atoms. The lowest BCUT2D eigenvalue weighted by Gasteiger charge is -2.43. The van der Waals surface area contributed by atoms with Crippen LogP contribution in [-0.2, 0) is 0 Å². The van der Waals surface area contributed by atoms with E-state index in [2.05, 4.69) is 24.5 Å². The molecule has 3 N–H and O–H groups in total. The first-order chi connectivity index (χ1) is 10.5. The predicted molar refractivity (Wildman–Crippen MR) is 89.4 cm³/mol. The quantitative estimate of drug-likeness (QED) is 0.797. The Balaban J connectivity index is 1.70. The number of carbonyl (C=O) groups excluding carboxylic acids is 1. The van der Waals surface area contributed by atoms with Gasteiger partial charge >= 0.3 is 0 Å². The lowest BCUT2D eigenvalue weighted by molar-refractivity contribution is 0.00924. The molecule has 0 spiro atoms. The van der Waals surface area contributed by atoms with E-state index in [0.717, 1.165) is 43.6 Å². The maximum absolute atomic E-state index is 12.6. The Bertz CT molecular complexity index is 511. The fraction of sp³-hybridized carbons (Fsp3) is 0.706. The van der Waals surface area contributed by atoms with Crippen LogP contribution in [0.2, 0.25) is 0 Å². The molecule has 0 unspecified atom stereocenters. The van der Waals surface area contributed by atoms with Crippen LogP contribution in [0.15, 0.2) is 6.07 Å². The molecular formula is C17H26N2O2S. The third-order valence-electron chi connectivity index (χ3n) is 5.24. The zero-order chi connectivity index (χ0) is 15.7. The molecule has 2 heterocycles. The number of thiophene rings is 1. The number of aliphatic hydroxyl groups excluding tert-OH is 1. The number of nitrogens with one attached hydrogen (secondary N) is 2. The summed E-state index contributed by atoms with van der Waals surface area (Å²) in [6.07, 6.45) is 3.71. The van der Waals surface area contributed by atoms with Crippen LogP contribution in [0.25, 0.3) is 0 Å². The molecule has 0 aromatic carbocycles. The summed E-state index contributed by atoms with van der Waals surface area (Å²) in [5.41, 5.74) is 1.19. The van der Waals surface area contributed by atoms with Crippen molar-refractivity contribution in [2.24, 2.45) is 11.8 Å². The molecule has 22 heavy (non-hydrogen) atoms. The first kappa shape index (κ1) is 16.0. The Morgan fingerprint density at radius 3 is 2.55 bits per heavy atom. The highest BCUT2D eigenvalue weighted by molar-refractivity contribution is 7.14. The minimum absolute atomic E-state index is 0.0612. The summed E-state index contributed by atoms with van der Waals surface area (Å²) >= 11 is 1.58. The summed E-state index contributed by atoms with van der Waals surface area (Å²) in [5.74, 6) is 1.03. The highest BCUT2D eigenvalue weighted by atomic mass is 32.1. The summed E-state index contributed by atoms with van der Waals surface area (Å²) in [7, 11) is 0. The van der Waals surface area contributed by atoms with Gasteiger partial charge in [-0.15, -0.1) is 11.3 Å². The van der Waals surface area contributed by atoms with E-state index in [1.807, 2.05) is 6.07 Å². The van der Waals surface area contributed by atoms with Gasteiger partial charge in [0.2, 0.25) is 0 Å². The zero-order valence-electron chi connectivity index (χ0n) is 13.4. The lowest BCUT2D eigenvalue weighted by atomic mass is 9.71. The normalized spacial score (nSPS) is 27.2. The van der Waals surface area contributed by atoms with Crippen molar-refractivity contribution >= 4 is 17.2 Å². The third-order valence-corrected chi connectivity index (χ3v) is 6.39. The molecular weight excluding hydrogens is 296 g/mol. The van der Waals surface area contributed by atoms with E-state index in [4.69, 9.17) is 0 Å². The molecule has 1 amide bonds. The van der Waals surface area contributed by atoms with Gasteiger partial charge in [-0.2, -0.15) is 0 Å². The number of rotatable bonds is 4. The Morgan fingerprint density at radius 1 is 1.32 bits per heavy atom. The Hall–Kier alpha value is -0.910. The van der Waals surface area contributed by atoms with E-state index in [0.29, 0.717) is 11.8 Å². The van der Waals surface area contributed by atoms with E-state index < -0.39 is 0 Å². The van der Waals surface area contributed by atoms with Gasteiger partial charge < -0.3 is 15.7 Å². The van der Waals surface area contributed by atoms with Gasteiger partial charge in [0.1, 0.15) is 0 Å². The van der Waals surface area contributed by atoms with Crippen LogP contribution in [0.3, 0.4) is 0 Å². The first-order valence-electron chi connectivity index (χ1n) is 8.31. The smallest absolute Gasteiger partial charge is 0.261 e. The van der Waals surface area contributed by atoms with Gasteiger partial charge in [0.25, 0.3) is 5.91 Å². The van der Waals surface area contributed by atoms with Crippen LogP contribution < -0.4 is 10.6 Å². The molecule has 2 fully saturated rings. The van der Waals surface area contributed by atoms with E-state index in [-0.39, 0.29) is 18.1 Å². The molecule has 1 saturated carbocycles. The van der Waals surface area contributed by atoms with Crippen LogP contribution in [0.1, 0.15) is 45.8 Å². The van der Waals surface area contributed by atoms with Gasteiger partial charge in [-0.3, -0.25) is 4.79 Å². The van der Waals surface area contributed by atoms with Crippen molar-refractivity contribution in [2.75, 3.05) is 13.1 Å². The largest absolute Gasteiger partial charge is 0.393 e. The highest BCUT2D eigenvalue weighted by Crippen LogP contribution is 2.36. The van der Waals surface area contributed by atoms with Crippen molar-refractivity contribution in [1.82, 2.24) is 10.6 Å². The van der Waals surface area contributed by atoms with Crippen molar-refractivity contribution in [3.63, 3.8) is 0 Å². The molecule has 3 rings (SSSR count). The topological polar surface area (TPSA) is 61.4 Å². The zero-order valence-corrected chi connectivity index (χ0v) is 14.2. The SMILES string of the molecule is Cc1cc(C(=O)N[C@@H](C2CCNCC2)C2CC(O)C2)sc1C. The molecule has 2 aliphatic rings. The van der Waals surface area contributed by atoms with Crippen LogP contribution in [-0.4, -0.2) is 36.2 Å². The molecule has 4 nitrogen and oxygen atoms in total. The van der Waals surface area contributed by atoms with Gasteiger partial charge in [0.15, 0.2) is 0 Å². The Labute approximate surface area is 136 Å². The molecule has 1 aliphatic heterocycles. The van der Waals surface area contributed by atoms with E-state index in [1.165, 1.54) is 10.4 Å². The van der Waals surface area contributed by atoms with Crippen molar-refractivity contribution < 1.29 is 9.90 Å². The molecule has 1 atom stereocenters. The Morgan fingerprint density at radius 2 is 2.00 bits per heavy atom. The number of amides is 1. The average molecular weight is 322 g/mol. The van der Waals surface area contributed by atoms with Crippen molar-refractivity contribution in [3.8, 4) is 0 Å². The summed E-state index contributed by atoms with van der Waals surface area (Å²) in [6, 6.07) is 2.20. The van der Waals surface area contributed by atoms with Gasteiger partial charge in [-0.1, -0.05) is 0 Å². The van der Waals surface area contributed by atoms with E-state index >= 15 is 0 Å². The fourth-order valence-electron chi connectivity index (χ4n) is 3.65. The first-order valence-corrected chi connectivity index (χ1v) is 9.13. The van der Waals surface area contributed by atoms with Gasteiger partial charge in [-0.05, 0) is 76.1 Å². The van der Waals surface area contributed by atoms with Gasteiger partial charge in [0.05, 0.1) is 11.0 Å². The van der Waals surface area contributed by atoms with E-state index in [1.54, 1.807) is 11.3 Å². The molecule has 1 aromatic heterocycles. The number of hydrogen-bond acceptors (Lipinski definition) is 4.